The summed E-state index contributed by atoms with van der Waals surface area (Å²) in [7, 11) is 0. The molecule has 5 aromatic rings. The van der Waals surface area contributed by atoms with Gasteiger partial charge in [0.1, 0.15) is 11.6 Å². The molecule has 1 aliphatic rings. The number of nitrogens with zero attached hydrogens (tertiary/aromatic N) is 5. The summed E-state index contributed by atoms with van der Waals surface area (Å²) in [5, 5.41) is 14.4. The van der Waals surface area contributed by atoms with Crippen LogP contribution in [0, 0.1) is 0 Å². The Hall–Kier alpha value is -4.66. The van der Waals surface area contributed by atoms with Gasteiger partial charge in [0.15, 0.2) is 11.3 Å². The van der Waals surface area contributed by atoms with E-state index in [0.717, 1.165) is 35.9 Å². The van der Waals surface area contributed by atoms with E-state index in [-0.39, 0.29) is 11.6 Å². The van der Waals surface area contributed by atoms with Crippen molar-refractivity contribution in [2.24, 2.45) is 0 Å². The fourth-order valence-electron chi connectivity index (χ4n) is 4.32. The average Bonchev–Trinajstić information content (AvgIpc) is 3.64. The minimum absolute atomic E-state index is 0.276. The molecule has 0 spiro atoms. The maximum absolute atomic E-state index is 13.0. The number of nitrogens with one attached hydrogen (secondary N) is 2. The highest BCUT2D eigenvalue weighted by Gasteiger charge is 2.23. The number of carbonyl (C=O) groups is 1. The summed E-state index contributed by atoms with van der Waals surface area (Å²) in [6.45, 7) is 4.08. The third-order valence-electron chi connectivity index (χ3n) is 6.03. The van der Waals surface area contributed by atoms with Gasteiger partial charge in [-0.2, -0.15) is 10.2 Å². The molecule has 0 bridgehead atoms. The van der Waals surface area contributed by atoms with Crippen molar-refractivity contribution < 1.29 is 9.53 Å². The van der Waals surface area contributed by atoms with Gasteiger partial charge in [-0.05, 0) is 42.3 Å². The highest BCUT2D eigenvalue weighted by molar-refractivity contribution is 6.03. The predicted molar refractivity (Wildman–Crippen MR) is 132 cm³/mol. The zero-order valence-electron chi connectivity index (χ0n) is 19.1. The van der Waals surface area contributed by atoms with Crippen LogP contribution in [0.4, 0.5) is 11.5 Å². The zero-order chi connectivity index (χ0) is 23.8. The lowest BCUT2D eigenvalue weighted by Crippen LogP contribution is -2.17. The van der Waals surface area contributed by atoms with Gasteiger partial charge in [-0.25, -0.2) is 9.50 Å². The molecule has 2 N–H and O–H groups in total. The number of carbonyl (C=O) groups excluding carboxylic acids is 1. The van der Waals surface area contributed by atoms with Gasteiger partial charge in [0.25, 0.3) is 5.91 Å². The molecule has 174 valence electrons. The highest BCUT2D eigenvalue weighted by atomic mass is 16.5. The number of benzene rings is 2. The lowest BCUT2D eigenvalue weighted by Gasteiger charge is -2.17. The van der Waals surface area contributed by atoms with Crippen molar-refractivity contribution in [1.82, 2.24) is 24.8 Å². The molecule has 6 rings (SSSR count). The third-order valence-corrected chi connectivity index (χ3v) is 6.03. The molecule has 9 nitrogen and oxygen atoms in total. The smallest absolute Gasteiger partial charge is 0.276 e. The van der Waals surface area contributed by atoms with E-state index in [1.54, 1.807) is 35.1 Å². The summed E-state index contributed by atoms with van der Waals surface area (Å²) in [5.74, 6) is 1.26. The minimum atomic E-state index is -0.312. The second kappa shape index (κ2) is 8.60. The standard InChI is InChI=1S/C26H23N7O2/c1-2-35-21-9-7-20(8-10-21)29-26(34)22-11-25-30-24(32-15-17-5-3-4-6-18(17)16-32)12-23(33(25)31-22)19-13-27-28-14-19/h3-14H,2,15-16H2,1H3,(H,27,28)(H,29,34). The summed E-state index contributed by atoms with van der Waals surface area (Å²) in [6.07, 6.45) is 3.54. The van der Waals surface area contributed by atoms with Gasteiger partial charge in [0.05, 0.1) is 18.5 Å². The number of fused-ring (bicyclic) bond motifs is 2. The molecule has 2 aromatic carbocycles. The van der Waals surface area contributed by atoms with Crippen molar-refractivity contribution in [3.05, 3.63) is 89.9 Å². The SMILES string of the molecule is CCOc1ccc(NC(=O)c2cc3nc(N4Cc5ccccc5C4)cc(-c4cn[nH]c4)n3n2)cc1. The van der Waals surface area contributed by atoms with E-state index in [4.69, 9.17) is 9.72 Å². The molecule has 0 saturated heterocycles. The molecule has 0 saturated carbocycles. The molecule has 0 radical (unpaired) electrons. The first-order valence-corrected chi connectivity index (χ1v) is 11.4. The normalized spacial score (nSPS) is 12.7. The van der Waals surface area contributed by atoms with Crippen LogP contribution in [0.5, 0.6) is 5.75 Å². The first kappa shape index (κ1) is 20.9. The van der Waals surface area contributed by atoms with E-state index < -0.39 is 0 Å². The molecule has 3 aromatic heterocycles. The lowest BCUT2D eigenvalue weighted by atomic mass is 10.1. The van der Waals surface area contributed by atoms with Gasteiger partial charge in [0.2, 0.25) is 0 Å². The summed E-state index contributed by atoms with van der Waals surface area (Å²) >= 11 is 0. The predicted octanol–water partition coefficient (Wildman–Crippen LogP) is 4.29. The summed E-state index contributed by atoms with van der Waals surface area (Å²) in [4.78, 5) is 20.1. The molecule has 0 fully saturated rings. The van der Waals surface area contributed by atoms with Crippen LogP contribution in [0.2, 0.25) is 0 Å². The van der Waals surface area contributed by atoms with E-state index in [1.807, 2.05) is 25.1 Å². The van der Waals surface area contributed by atoms with Crippen molar-refractivity contribution >= 4 is 23.1 Å². The fourth-order valence-corrected chi connectivity index (χ4v) is 4.32. The Kier molecular flexibility index (Phi) is 5.14. The average molecular weight is 466 g/mol. The van der Waals surface area contributed by atoms with Gasteiger partial charge in [0, 0.05) is 42.7 Å². The maximum Gasteiger partial charge on any atom is 0.276 e. The third kappa shape index (κ3) is 3.97. The van der Waals surface area contributed by atoms with Crippen LogP contribution >= 0.6 is 0 Å². The van der Waals surface area contributed by atoms with E-state index >= 15 is 0 Å². The van der Waals surface area contributed by atoms with Crippen LogP contribution in [0.15, 0.2) is 73.1 Å². The minimum Gasteiger partial charge on any atom is -0.494 e. The Morgan fingerprint density at radius 2 is 1.86 bits per heavy atom. The Morgan fingerprint density at radius 3 is 2.54 bits per heavy atom. The largest absolute Gasteiger partial charge is 0.494 e. The van der Waals surface area contributed by atoms with Crippen LogP contribution in [-0.4, -0.2) is 37.3 Å². The van der Waals surface area contributed by atoms with E-state index in [0.29, 0.717) is 17.9 Å². The van der Waals surface area contributed by atoms with Crippen molar-refractivity contribution in [3.63, 3.8) is 0 Å². The molecular weight excluding hydrogens is 442 g/mol. The van der Waals surface area contributed by atoms with Crippen LogP contribution in [0.25, 0.3) is 16.9 Å². The number of hydrogen-bond donors (Lipinski definition) is 2. The number of amides is 1. The second-order valence-corrected chi connectivity index (χ2v) is 8.32. The first-order chi connectivity index (χ1) is 17.2. The number of ether oxygens (including phenoxy) is 1. The van der Waals surface area contributed by atoms with Gasteiger partial charge in [-0.15, -0.1) is 0 Å². The Morgan fingerprint density at radius 1 is 1.09 bits per heavy atom. The van der Waals surface area contributed by atoms with Crippen molar-refractivity contribution in [1.29, 1.82) is 0 Å². The van der Waals surface area contributed by atoms with Gasteiger partial charge < -0.3 is 15.0 Å². The maximum atomic E-state index is 13.0. The van der Waals surface area contributed by atoms with E-state index in [9.17, 15) is 4.79 Å². The summed E-state index contributed by atoms with van der Waals surface area (Å²) in [6, 6.07) is 19.4. The van der Waals surface area contributed by atoms with Crippen LogP contribution in [0.1, 0.15) is 28.5 Å². The topological polar surface area (TPSA) is 100 Å². The molecule has 0 unspecified atom stereocenters. The molecule has 35 heavy (non-hydrogen) atoms. The Balaban J connectivity index is 1.34. The van der Waals surface area contributed by atoms with Gasteiger partial charge >= 0.3 is 0 Å². The quantitative estimate of drug-likeness (QED) is 0.388. The molecule has 0 atom stereocenters. The van der Waals surface area contributed by atoms with Crippen LogP contribution in [0.3, 0.4) is 0 Å². The zero-order valence-corrected chi connectivity index (χ0v) is 19.1. The highest BCUT2D eigenvalue weighted by Crippen LogP contribution is 2.30. The Bertz CT molecular complexity index is 1480. The Labute approximate surface area is 201 Å². The molecule has 9 heteroatoms. The second-order valence-electron chi connectivity index (χ2n) is 8.32. The molecule has 4 heterocycles. The summed E-state index contributed by atoms with van der Waals surface area (Å²) in [5.41, 5.74) is 5.77. The first-order valence-electron chi connectivity index (χ1n) is 11.4. The fraction of sp³-hybridized carbons (Fsp3) is 0.154. The van der Waals surface area contributed by atoms with Gasteiger partial charge in [-0.3, -0.25) is 9.89 Å². The number of aromatic amines is 1. The monoisotopic (exact) mass is 465 g/mol. The number of hydrogen-bond acceptors (Lipinski definition) is 6. The number of anilines is 2. The summed E-state index contributed by atoms with van der Waals surface area (Å²) < 4.78 is 7.15. The molecule has 1 amide bonds. The number of rotatable bonds is 6. The van der Waals surface area contributed by atoms with Gasteiger partial charge in [-0.1, -0.05) is 24.3 Å². The molecule has 1 aliphatic heterocycles. The van der Waals surface area contributed by atoms with Crippen LogP contribution in [-0.2, 0) is 13.1 Å². The van der Waals surface area contributed by atoms with Crippen molar-refractivity contribution in [2.45, 2.75) is 20.0 Å². The lowest BCUT2D eigenvalue weighted by molar-refractivity contribution is 0.102. The number of H-pyrrole nitrogens is 1. The van der Waals surface area contributed by atoms with E-state index in [1.165, 1.54) is 11.1 Å². The van der Waals surface area contributed by atoms with E-state index in [2.05, 4.69) is 49.8 Å². The van der Waals surface area contributed by atoms with Crippen molar-refractivity contribution in [2.75, 3.05) is 16.8 Å². The molecular formula is C26H23N7O2. The van der Waals surface area contributed by atoms with Crippen LogP contribution < -0.4 is 15.0 Å². The molecule has 0 aliphatic carbocycles. The van der Waals surface area contributed by atoms with Crippen molar-refractivity contribution in [3.8, 4) is 17.0 Å². The number of aromatic nitrogens is 5.